The molecule has 11 rings (SSSR count). The average molecular weight is 911 g/mol. The Bertz CT molecular complexity index is 3270. The molecule has 0 saturated heterocycles. The molecule has 9 aromatic rings. The molecule has 0 amide bonds. The highest BCUT2D eigenvalue weighted by Gasteiger charge is 2.48. The topological polar surface area (TPSA) is 6.48 Å². The van der Waals surface area contributed by atoms with E-state index in [1.807, 2.05) is 0 Å². The molecule has 348 valence electrons. The Morgan fingerprint density at radius 1 is 0.400 bits per heavy atom. The van der Waals surface area contributed by atoms with Gasteiger partial charge in [0.2, 0.25) is 6.71 Å². The fraction of sp³-hybridized carbons (Fsp3) is 0.254. The van der Waals surface area contributed by atoms with Crippen LogP contribution in [-0.2, 0) is 21.7 Å². The fourth-order valence-electron chi connectivity index (χ4n) is 12.2. The standard InChI is InChI=1S/C67H67BN2/c1-64(2,3)50-32-18-17-31-48(50)60-49-41-45(69(56-39-21-27-43-25-13-15-29-46(43)56)57-40-22-28-44-26-14-16-30-47(44)57)42-59-62(49)68(54-36-23-34-52(61(54)60)66(7,8)9)55-37-24-35-53(67(10,11)12)63(55)70(59)58-38-20-19-33-51(58)65(4,5)6/h13-42,60H,1-12H3. The monoisotopic (exact) mass is 911 g/mol. The van der Waals surface area contributed by atoms with Gasteiger partial charge in [-0.25, -0.2) is 0 Å². The van der Waals surface area contributed by atoms with Crippen LogP contribution in [0.4, 0.5) is 34.1 Å². The van der Waals surface area contributed by atoms with E-state index in [1.165, 1.54) is 93.9 Å². The van der Waals surface area contributed by atoms with E-state index < -0.39 is 0 Å². The zero-order chi connectivity index (χ0) is 49.1. The molecule has 0 spiro atoms. The van der Waals surface area contributed by atoms with Crippen LogP contribution in [0.15, 0.2) is 182 Å². The second-order valence-electron chi connectivity index (χ2n) is 24.2. The first-order valence-electron chi connectivity index (χ1n) is 25.5. The third-order valence-electron chi connectivity index (χ3n) is 15.3. The summed E-state index contributed by atoms with van der Waals surface area (Å²) in [5.74, 6) is -0.0558. The second-order valence-corrected chi connectivity index (χ2v) is 24.2. The maximum absolute atomic E-state index is 2.71. The Labute approximate surface area is 418 Å². The van der Waals surface area contributed by atoms with Crippen molar-refractivity contribution in [3.63, 3.8) is 0 Å². The highest BCUT2D eigenvalue weighted by molar-refractivity contribution is 6.99. The van der Waals surface area contributed by atoms with Gasteiger partial charge in [0, 0.05) is 39.4 Å². The number of nitrogens with zero attached hydrogens (tertiary/aromatic N) is 2. The minimum Gasteiger partial charge on any atom is -0.311 e. The van der Waals surface area contributed by atoms with E-state index in [0.29, 0.717) is 0 Å². The normalized spacial score (nSPS) is 14.7. The Balaban J connectivity index is 1.38. The van der Waals surface area contributed by atoms with Gasteiger partial charge in [0.1, 0.15) is 0 Å². The molecule has 0 fully saturated rings. The van der Waals surface area contributed by atoms with Gasteiger partial charge < -0.3 is 9.80 Å². The SMILES string of the molecule is CC(C)(C)c1ccccc1C1c2cc(N(c3cccc4ccccc34)c3cccc4ccccc34)cc3c2B(c2cccc(C(C)(C)C)c21)c1cccc(C(C)(C)C)c1N3c1ccccc1C(C)(C)C. The minimum absolute atomic E-state index is 0.00620. The van der Waals surface area contributed by atoms with Gasteiger partial charge in [0.25, 0.3) is 0 Å². The van der Waals surface area contributed by atoms with Crippen molar-refractivity contribution in [3.8, 4) is 0 Å². The van der Waals surface area contributed by atoms with Gasteiger partial charge in [0.05, 0.1) is 11.4 Å². The maximum atomic E-state index is 2.71. The zero-order valence-electron chi connectivity index (χ0n) is 43.4. The lowest BCUT2D eigenvalue weighted by atomic mass is 9.30. The molecule has 0 bridgehead atoms. The van der Waals surface area contributed by atoms with Crippen molar-refractivity contribution >= 4 is 78.8 Å². The van der Waals surface area contributed by atoms with Crippen LogP contribution >= 0.6 is 0 Å². The van der Waals surface area contributed by atoms with Gasteiger partial charge in [-0.3, -0.25) is 0 Å². The summed E-state index contributed by atoms with van der Waals surface area (Å²) in [4.78, 5) is 5.30. The lowest BCUT2D eigenvalue weighted by Gasteiger charge is -2.47. The average Bonchev–Trinajstić information content (AvgIpc) is 3.32. The van der Waals surface area contributed by atoms with Crippen molar-refractivity contribution in [2.45, 2.75) is 111 Å². The van der Waals surface area contributed by atoms with Crippen molar-refractivity contribution in [1.29, 1.82) is 0 Å². The second kappa shape index (κ2) is 16.4. The number of hydrogen-bond acceptors (Lipinski definition) is 2. The third-order valence-corrected chi connectivity index (χ3v) is 15.3. The molecule has 0 saturated carbocycles. The Hall–Kier alpha value is -6.84. The van der Waals surface area contributed by atoms with Crippen LogP contribution in [0.3, 0.4) is 0 Å². The van der Waals surface area contributed by atoms with Crippen LogP contribution in [0.1, 0.15) is 128 Å². The molecule has 0 aromatic heterocycles. The summed E-state index contributed by atoms with van der Waals surface area (Å²) < 4.78 is 0. The van der Waals surface area contributed by atoms with E-state index in [1.54, 1.807) is 0 Å². The molecule has 9 aromatic carbocycles. The van der Waals surface area contributed by atoms with Gasteiger partial charge in [0.15, 0.2) is 0 Å². The van der Waals surface area contributed by atoms with Gasteiger partial charge in [-0.1, -0.05) is 240 Å². The highest BCUT2D eigenvalue weighted by Crippen LogP contribution is 2.53. The number of para-hydroxylation sites is 2. The summed E-state index contributed by atoms with van der Waals surface area (Å²) >= 11 is 0. The van der Waals surface area contributed by atoms with Crippen LogP contribution in [0.25, 0.3) is 21.5 Å². The van der Waals surface area contributed by atoms with Gasteiger partial charge in [-0.15, -0.1) is 0 Å². The van der Waals surface area contributed by atoms with Crippen LogP contribution in [0.5, 0.6) is 0 Å². The zero-order valence-corrected chi connectivity index (χ0v) is 43.4. The number of fused-ring (bicyclic) bond motifs is 6. The van der Waals surface area contributed by atoms with Crippen LogP contribution in [-0.4, -0.2) is 6.71 Å². The van der Waals surface area contributed by atoms with Gasteiger partial charge >= 0.3 is 0 Å². The molecule has 2 heterocycles. The number of hydrogen-bond donors (Lipinski definition) is 0. The molecule has 0 radical (unpaired) electrons. The Kier molecular flexibility index (Phi) is 10.7. The molecule has 3 heteroatoms. The molecular weight excluding hydrogens is 844 g/mol. The van der Waals surface area contributed by atoms with Gasteiger partial charge in [-0.05, 0) is 113 Å². The molecule has 1 atom stereocenters. The predicted octanol–water partition coefficient (Wildman–Crippen LogP) is 16.4. The quantitative estimate of drug-likeness (QED) is 0.159. The maximum Gasteiger partial charge on any atom is 0.247 e. The molecule has 0 N–H and O–H groups in total. The fourth-order valence-corrected chi connectivity index (χ4v) is 12.2. The summed E-state index contributed by atoms with van der Waals surface area (Å²) in [5, 5.41) is 4.87. The molecule has 2 nitrogen and oxygen atoms in total. The summed E-state index contributed by atoms with van der Waals surface area (Å²) in [6.45, 7) is 28.7. The largest absolute Gasteiger partial charge is 0.311 e. The summed E-state index contributed by atoms with van der Waals surface area (Å²) in [6, 6.07) is 69.7. The van der Waals surface area contributed by atoms with Crippen LogP contribution in [0, 0.1) is 0 Å². The first-order valence-corrected chi connectivity index (χ1v) is 25.5. The van der Waals surface area contributed by atoms with E-state index >= 15 is 0 Å². The third kappa shape index (κ3) is 7.38. The number of rotatable bonds is 5. The highest BCUT2D eigenvalue weighted by atomic mass is 15.2. The number of anilines is 6. The molecule has 1 unspecified atom stereocenters. The van der Waals surface area contributed by atoms with E-state index in [2.05, 4.69) is 275 Å². The molecule has 2 aliphatic rings. The Morgan fingerprint density at radius 2 is 0.871 bits per heavy atom. The lowest BCUT2D eigenvalue weighted by molar-refractivity contribution is 0.572. The smallest absolute Gasteiger partial charge is 0.247 e. The predicted molar refractivity (Wildman–Crippen MR) is 304 cm³/mol. The molecule has 2 aliphatic heterocycles. The van der Waals surface area contributed by atoms with E-state index in [9.17, 15) is 0 Å². The van der Waals surface area contributed by atoms with E-state index in [-0.39, 0.29) is 34.3 Å². The van der Waals surface area contributed by atoms with Crippen molar-refractivity contribution < 1.29 is 0 Å². The summed E-state index contributed by atoms with van der Waals surface area (Å²) in [5.41, 5.74) is 20.5. The summed E-state index contributed by atoms with van der Waals surface area (Å²) in [7, 11) is 0. The number of benzene rings is 9. The first-order chi connectivity index (χ1) is 33.3. The Morgan fingerprint density at radius 3 is 1.47 bits per heavy atom. The van der Waals surface area contributed by atoms with E-state index in [0.717, 1.165) is 17.1 Å². The lowest BCUT2D eigenvalue weighted by Crippen LogP contribution is -2.63. The molecular formula is C67H67BN2. The molecule has 70 heavy (non-hydrogen) atoms. The van der Waals surface area contributed by atoms with Gasteiger partial charge in [-0.2, -0.15) is 0 Å². The van der Waals surface area contributed by atoms with Crippen LogP contribution < -0.4 is 26.2 Å². The minimum atomic E-state index is -0.158. The molecule has 0 aliphatic carbocycles. The first kappa shape index (κ1) is 45.6. The van der Waals surface area contributed by atoms with E-state index in [4.69, 9.17) is 0 Å². The van der Waals surface area contributed by atoms with Crippen molar-refractivity contribution in [3.05, 3.63) is 221 Å². The van der Waals surface area contributed by atoms with Crippen molar-refractivity contribution in [2.24, 2.45) is 0 Å². The van der Waals surface area contributed by atoms with Crippen LogP contribution in [0.2, 0.25) is 0 Å². The van der Waals surface area contributed by atoms with Crippen molar-refractivity contribution in [2.75, 3.05) is 9.80 Å². The summed E-state index contributed by atoms with van der Waals surface area (Å²) in [6.07, 6.45) is 0. The van der Waals surface area contributed by atoms with Crippen molar-refractivity contribution in [1.82, 2.24) is 0 Å².